The van der Waals surface area contributed by atoms with Gasteiger partial charge in [0.25, 0.3) is 5.91 Å². The summed E-state index contributed by atoms with van der Waals surface area (Å²) in [7, 11) is 0. The van der Waals surface area contributed by atoms with Crippen molar-refractivity contribution in [3.63, 3.8) is 0 Å². The summed E-state index contributed by atoms with van der Waals surface area (Å²) in [5, 5.41) is 6.50. The molecule has 1 aromatic heterocycles. The molecule has 20 heavy (non-hydrogen) atoms. The minimum Gasteiger partial charge on any atom is -0.323 e. The van der Waals surface area contributed by atoms with Crippen LogP contribution in [0.4, 0.5) is 11.4 Å². The fraction of sp³-hybridized carbons (Fsp3) is 0.143. The Balaban J connectivity index is 2.11. The second-order valence-corrected chi connectivity index (χ2v) is 5.66. The number of anilines is 2. The van der Waals surface area contributed by atoms with Gasteiger partial charge in [0.05, 0.1) is 5.69 Å². The third-order valence-electron chi connectivity index (χ3n) is 2.52. The maximum absolute atomic E-state index is 12.2. The van der Waals surface area contributed by atoms with Crippen LogP contribution in [0.2, 0.25) is 0 Å². The number of nitrogens with one attached hydrogen (secondary N) is 2. The van der Waals surface area contributed by atoms with Gasteiger partial charge in [0.2, 0.25) is 5.91 Å². The molecule has 2 amide bonds. The van der Waals surface area contributed by atoms with Crippen molar-refractivity contribution in [2.45, 2.75) is 12.3 Å². The average Bonchev–Trinajstić information content (AvgIpc) is 2.88. The van der Waals surface area contributed by atoms with Gasteiger partial charge in [0.1, 0.15) is 10.3 Å². The lowest BCUT2D eigenvalue weighted by Gasteiger charge is -2.08. The molecule has 0 spiro atoms. The molecule has 2 rings (SSSR count). The zero-order valence-corrected chi connectivity index (χ0v) is 12.3. The van der Waals surface area contributed by atoms with Crippen LogP contribution in [0.25, 0.3) is 0 Å². The van der Waals surface area contributed by atoms with Gasteiger partial charge >= 0.3 is 0 Å². The van der Waals surface area contributed by atoms with Gasteiger partial charge < -0.3 is 10.6 Å². The van der Waals surface area contributed by atoms with Gasteiger partial charge in [0.15, 0.2) is 0 Å². The van der Waals surface area contributed by atoms with Gasteiger partial charge in [-0.2, -0.15) is 0 Å². The Morgan fingerprint density at radius 1 is 1.15 bits per heavy atom. The summed E-state index contributed by atoms with van der Waals surface area (Å²) in [6.45, 7) is 1.58. The number of carbonyl (C=O) groups excluding carboxylic acids is 2. The number of benzene rings is 1. The van der Waals surface area contributed by atoms with Crippen molar-refractivity contribution in [2.75, 3.05) is 10.6 Å². The molecule has 0 radical (unpaired) electrons. The number of thiophene rings is 1. The fourth-order valence-corrected chi connectivity index (χ4v) is 2.32. The zero-order chi connectivity index (χ0) is 14.5. The number of halogens is 1. The lowest BCUT2D eigenvalue weighted by Crippen LogP contribution is -2.22. The smallest absolute Gasteiger partial charge is 0.267 e. The number of rotatable bonds is 4. The van der Waals surface area contributed by atoms with Crippen LogP contribution in [-0.4, -0.2) is 17.2 Å². The molecule has 0 aliphatic heterocycles. The summed E-state index contributed by atoms with van der Waals surface area (Å²) in [4.78, 5) is 24.2. The Bertz CT molecular complexity index is 611. The van der Waals surface area contributed by atoms with Crippen LogP contribution >= 0.6 is 22.9 Å². The summed E-state index contributed by atoms with van der Waals surface area (Å²) in [5.74, 6) is -0.595. The first-order valence-electron chi connectivity index (χ1n) is 5.97. The predicted octanol–water partition coefficient (Wildman–Crippen LogP) is 3.57. The molecule has 0 fully saturated rings. The third-order valence-corrected chi connectivity index (χ3v) is 3.63. The van der Waals surface area contributed by atoms with Gasteiger partial charge in [-0.1, -0.05) is 18.2 Å². The number of amides is 2. The summed E-state index contributed by atoms with van der Waals surface area (Å²) in [6.07, 6.45) is 0. The molecule has 1 heterocycles. The molecule has 1 unspecified atom stereocenters. The van der Waals surface area contributed by atoms with Crippen molar-refractivity contribution in [3.05, 3.63) is 46.7 Å². The summed E-state index contributed by atoms with van der Waals surface area (Å²) in [5.41, 5.74) is 1.18. The quantitative estimate of drug-likeness (QED) is 0.848. The van der Waals surface area contributed by atoms with Gasteiger partial charge in [-0.05, 0) is 30.5 Å². The van der Waals surface area contributed by atoms with E-state index < -0.39 is 5.38 Å². The summed E-state index contributed by atoms with van der Waals surface area (Å²) in [6, 6.07) is 10.8. The van der Waals surface area contributed by atoms with Crippen molar-refractivity contribution in [3.8, 4) is 0 Å². The van der Waals surface area contributed by atoms with Crippen LogP contribution in [0.3, 0.4) is 0 Å². The van der Waals surface area contributed by atoms with Gasteiger partial charge in [0, 0.05) is 5.69 Å². The number of carbonyl (C=O) groups is 2. The van der Waals surface area contributed by atoms with E-state index in [1.807, 2.05) is 18.2 Å². The molecule has 2 N–H and O–H groups in total. The highest BCUT2D eigenvalue weighted by molar-refractivity contribution is 7.12. The van der Waals surface area contributed by atoms with Crippen molar-refractivity contribution < 1.29 is 9.59 Å². The normalized spacial score (nSPS) is 11.7. The standard InChI is InChI=1S/C14H13ClN2O2S/c1-9(15)13(18)17-11-7-8-20-12(11)14(19)16-10-5-3-2-4-6-10/h2-9H,1H3,(H,16,19)(H,17,18). The second-order valence-electron chi connectivity index (χ2n) is 4.09. The van der Waals surface area contributed by atoms with Gasteiger partial charge in [-0.15, -0.1) is 22.9 Å². The van der Waals surface area contributed by atoms with E-state index in [-0.39, 0.29) is 11.8 Å². The van der Waals surface area contributed by atoms with Gasteiger partial charge in [-0.25, -0.2) is 0 Å². The first-order valence-corrected chi connectivity index (χ1v) is 7.28. The molecule has 1 atom stereocenters. The van der Waals surface area contributed by atoms with Crippen molar-refractivity contribution in [1.29, 1.82) is 0 Å². The third kappa shape index (κ3) is 3.59. The zero-order valence-electron chi connectivity index (χ0n) is 10.7. The highest BCUT2D eigenvalue weighted by atomic mass is 35.5. The molecule has 0 aliphatic rings. The number of hydrogen-bond acceptors (Lipinski definition) is 3. The van der Waals surface area contributed by atoms with Crippen LogP contribution < -0.4 is 10.6 Å². The highest BCUT2D eigenvalue weighted by Gasteiger charge is 2.17. The highest BCUT2D eigenvalue weighted by Crippen LogP contribution is 2.24. The maximum atomic E-state index is 12.2. The molecule has 0 saturated heterocycles. The van der Waals surface area contributed by atoms with Crippen molar-refractivity contribution in [2.24, 2.45) is 0 Å². The molecular formula is C14H13ClN2O2S. The van der Waals surface area contributed by atoms with Crippen LogP contribution in [0.1, 0.15) is 16.6 Å². The maximum Gasteiger partial charge on any atom is 0.267 e. The summed E-state index contributed by atoms with van der Waals surface area (Å²) >= 11 is 6.96. The van der Waals surface area contributed by atoms with Crippen LogP contribution in [0, 0.1) is 0 Å². The Morgan fingerprint density at radius 3 is 2.50 bits per heavy atom. The van der Waals surface area contributed by atoms with E-state index in [4.69, 9.17) is 11.6 Å². The first kappa shape index (κ1) is 14.6. The van der Waals surface area contributed by atoms with E-state index in [1.165, 1.54) is 11.3 Å². The van der Waals surface area contributed by atoms with Crippen molar-refractivity contribution >= 4 is 46.1 Å². The van der Waals surface area contributed by atoms with Crippen LogP contribution in [-0.2, 0) is 4.79 Å². The van der Waals surface area contributed by atoms with E-state index in [2.05, 4.69) is 10.6 Å². The molecule has 0 aliphatic carbocycles. The number of hydrogen-bond donors (Lipinski definition) is 2. The topological polar surface area (TPSA) is 58.2 Å². The molecular weight excluding hydrogens is 296 g/mol. The SMILES string of the molecule is CC(Cl)C(=O)Nc1ccsc1C(=O)Nc1ccccc1. The Hall–Kier alpha value is -1.85. The lowest BCUT2D eigenvalue weighted by molar-refractivity contribution is -0.115. The molecule has 1 aromatic carbocycles. The monoisotopic (exact) mass is 308 g/mol. The first-order chi connectivity index (χ1) is 9.58. The van der Waals surface area contributed by atoms with Crippen molar-refractivity contribution in [1.82, 2.24) is 0 Å². The van der Waals surface area contributed by atoms with E-state index in [0.717, 1.165) is 0 Å². The Morgan fingerprint density at radius 2 is 1.85 bits per heavy atom. The van der Waals surface area contributed by atoms with E-state index in [1.54, 1.807) is 30.5 Å². The van der Waals surface area contributed by atoms with E-state index >= 15 is 0 Å². The molecule has 6 heteroatoms. The van der Waals surface area contributed by atoms with E-state index in [0.29, 0.717) is 16.3 Å². The minimum atomic E-state index is -0.653. The number of alkyl halides is 1. The Kier molecular flexibility index (Phi) is 4.76. The predicted molar refractivity (Wildman–Crippen MR) is 82.7 cm³/mol. The molecule has 2 aromatic rings. The lowest BCUT2D eigenvalue weighted by atomic mass is 10.3. The molecule has 0 saturated carbocycles. The number of para-hydroxylation sites is 1. The second kappa shape index (κ2) is 6.54. The van der Waals surface area contributed by atoms with Gasteiger partial charge in [-0.3, -0.25) is 9.59 Å². The average molecular weight is 309 g/mol. The van der Waals surface area contributed by atoms with Crippen LogP contribution in [0.5, 0.6) is 0 Å². The molecule has 0 bridgehead atoms. The molecule has 4 nitrogen and oxygen atoms in total. The van der Waals surface area contributed by atoms with Crippen LogP contribution in [0.15, 0.2) is 41.8 Å². The Labute approximate surface area is 125 Å². The minimum absolute atomic E-state index is 0.260. The van der Waals surface area contributed by atoms with E-state index in [9.17, 15) is 9.59 Å². The fourth-order valence-electron chi connectivity index (χ4n) is 1.53. The summed E-state index contributed by atoms with van der Waals surface area (Å²) < 4.78 is 0. The largest absolute Gasteiger partial charge is 0.323 e. The molecule has 104 valence electrons.